The maximum Gasteiger partial charge on any atom is 0.177 e. The first kappa shape index (κ1) is 15.2. The van der Waals surface area contributed by atoms with Crippen LogP contribution in [-0.2, 0) is 6.42 Å². The summed E-state index contributed by atoms with van der Waals surface area (Å²) in [6.45, 7) is 2.23. The van der Waals surface area contributed by atoms with Crippen molar-refractivity contribution in [2.45, 2.75) is 51.9 Å². The molecule has 0 saturated carbocycles. The maximum absolute atomic E-state index is 11.7. The molecule has 1 aromatic rings. The van der Waals surface area contributed by atoms with Crippen LogP contribution < -0.4 is 0 Å². The maximum atomic E-state index is 11.7. The molecule has 0 saturated heterocycles. The van der Waals surface area contributed by atoms with Crippen LogP contribution in [0.1, 0.15) is 61.4 Å². The van der Waals surface area contributed by atoms with E-state index in [1.54, 1.807) is 0 Å². The molecule has 0 atom stereocenters. The van der Waals surface area contributed by atoms with Crippen LogP contribution in [0.5, 0.6) is 0 Å². The number of carbonyl (C=O) groups excluding carboxylic acids is 1. The van der Waals surface area contributed by atoms with Gasteiger partial charge in [-0.3, -0.25) is 4.79 Å². The molecular weight excluding hydrogens is 244 g/mol. The van der Waals surface area contributed by atoms with Crippen molar-refractivity contribution in [2.24, 2.45) is 0 Å². The van der Waals surface area contributed by atoms with Gasteiger partial charge >= 0.3 is 0 Å². The highest BCUT2D eigenvalue weighted by Crippen LogP contribution is 2.15. The fraction of sp³-hybridized carbons (Fsp3) is 0.562. The zero-order valence-electron chi connectivity index (χ0n) is 11.3. The Hall–Kier alpha value is -0.820. The molecule has 0 heterocycles. The Morgan fingerprint density at radius 1 is 1.06 bits per heavy atom. The first-order valence-electron chi connectivity index (χ1n) is 6.96. The number of Topliss-reactive ketones (excluding diaryl/α,β-unsaturated/α-hetero) is 1. The molecule has 0 bridgehead atoms. The summed E-state index contributed by atoms with van der Waals surface area (Å²) >= 11 is 5.63. The van der Waals surface area contributed by atoms with Gasteiger partial charge in [-0.15, -0.1) is 11.6 Å². The summed E-state index contributed by atoms with van der Waals surface area (Å²) in [6.07, 6.45) is 8.66. The number of hydrogen-bond donors (Lipinski definition) is 0. The van der Waals surface area contributed by atoms with Crippen LogP contribution in [0.4, 0.5) is 0 Å². The van der Waals surface area contributed by atoms with E-state index in [0.717, 1.165) is 24.0 Å². The van der Waals surface area contributed by atoms with Crippen LogP contribution in [0.25, 0.3) is 0 Å². The lowest BCUT2D eigenvalue weighted by atomic mass is 9.98. The van der Waals surface area contributed by atoms with Crippen LogP contribution >= 0.6 is 11.6 Å². The number of unbranched alkanes of at least 4 members (excludes halogenated alkanes) is 5. The van der Waals surface area contributed by atoms with Crippen molar-refractivity contribution in [1.29, 1.82) is 0 Å². The van der Waals surface area contributed by atoms with E-state index in [1.165, 1.54) is 32.1 Å². The van der Waals surface area contributed by atoms with Gasteiger partial charge in [0.2, 0.25) is 0 Å². The third-order valence-corrected chi connectivity index (χ3v) is 3.48. The number of halogens is 1. The first-order chi connectivity index (χ1) is 8.79. The normalized spacial score (nSPS) is 10.6. The van der Waals surface area contributed by atoms with E-state index in [0.29, 0.717) is 0 Å². The molecule has 0 aromatic heterocycles. The molecule has 0 amide bonds. The van der Waals surface area contributed by atoms with Gasteiger partial charge in [0.1, 0.15) is 0 Å². The highest BCUT2D eigenvalue weighted by atomic mass is 35.5. The lowest BCUT2D eigenvalue weighted by Gasteiger charge is -2.07. The first-order valence-corrected chi connectivity index (χ1v) is 7.50. The van der Waals surface area contributed by atoms with Crippen LogP contribution in [0, 0.1) is 0 Å². The molecule has 100 valence electrons. The number of carbonyl (C=O) groups is 1. The molecule has 1 rings (SSSR count). The molecule has 0 spiro atoms. The van der Waals surface area contributed by atoms with Crippen molar-refractivity contribution in [3.63, 3.8) is 0 Å². The van der Waals surface area contributed by atoms with Crippen molar-refractivity contribution in [3.8, 4) is 0 Å². The number of aryl methyl sites for hydroxylation is 1. The van der Waals surface area contributed by atoms with E-state index in [-0.39, 0.29) is 11.7 Å². The summed E-state index contributed by atoms with van der Waals surface area (Å²) in [6, 6.07) is 7.84. The van der Waals surface area contributed by atoms with Gasteiger partial charge in [0, 0.05) is 5.56 Å². The molecule has 0 fully saturated rings. The average molecular weight is 267 g/mol. The van der Waals surface area contributed by atoms with Gasteiger partial charge in [-0.05, 0) is 18.4 Å². The Kier molecular flexibility index (Phi) is 7.75. The van der Waals surface area contributed by atoms with E-state index in [9.17, 15) is 4.79 Å². The predicted octanol–water partition coefficient (Wildman–Crippen LogP) is 5.01. The van der Waals surface area contributed by atoms with E-state index >= 15 is 0 Å². The molecule has 0 N–H and O–H groups in total. The Labute approximate surface area is 116 Å². The molecular formula is C16H23ClO. The molecule has 0 aliphatic rings. The Balaban J connectivity index is 2.39. The van der Waals surface area contributed by atoms with Gasteiger partial charge in [0.15, 0.2) is 5.78 Å². The number of alkyl halides is 1. The SMILES string of the molecule is CCCCCCCCc1ccccc1C(=O)CCl. The largest absolute Gasteiger partial charge is 0.293 e. The van der Waals surface area contributed by atoms with Gasteiger partial charge in [0.25, 0.3) is 0 Å². The van der Waals surface area contributed by atoms with E-state index in [1.807, 2.05) is 24.3 Å². The number of rotatable bonds is 9. The Morgan fingerprint density at radius 2 is 1.72 bits per heavy atom. The van der Waals surface area contributed by atoms with Crippen molar-refractivity contribution >= 4 is 17.4 Å². The topological polar surface area (TPSA) is 17.1 Å². The minimum Gasteiger partial charge on any atom is -0.293 e. The summed E-state index contributed by atoms with van der Waals surface area (Å²) in [7, 11) is 0. The molecule has 1 nitrogen and oxygen atoms in total. The minimum absolute atomic E-state index is 0.0400. The third kappa shape index (κ3) is 5.22. The fourth-order valence-electron chi connectivity index (χ4n) is 2.18. The smallest absolute Gasteiger partial charge is 0.177 e. The Morgan fingerprint density at radius 3 is 2.44 bits per heavy atom. The molecule has 0 radical (unpaired) electrons. The quantitative estimate of drug-likeness (QED) is 0.349. The summed E-state index contributed by atoms with van der Waals surface area (Å²) in [5, 5.41) is 0. The van der Waals surface area contributed by atoms with Crippen LogP contribution in [-0.4, -0.2) is 11.7 Å². The minimum atomic E-state index is 0.0400. The van der Waals surface area contributed by atoms with Crippen molar-refractivity contribution in [1.82, 2.24) is 0 Å². The predicted molar refractivity (Wildman–Crippen MR) is 78.6 cm³/mol. The summed E-state index contributed by atoms with van der Waals surface area (Å²) in [5.74, 6) is 0.117. The average Bonchev–Trinajstić information content (AvgIpc) is 2.42. The van der Waals surface area contributed by atoms with Crippen LogP contribution in [0.2, 0.25) is 0 Å². The summed E-state index contributed by atoms with van der Waals surface area (Å²) in [5.41, 5.74) is 1.96. The van der Waals surface area contributed by atoms with E-state index in [4.69, 9.17) is 11.6 Å². The second-order valence-electron chi connectivity index (χ2n) is 4.73. The lowest BCUT2D eigenvalue weighted by molar-refractivity contribution is 0.102. The van der Waals surface area contributed by atoms with Gasteiger partial charge in [-0.25, -0.2) is 0 Å². The molecule has 2 heteroatoms. The van der Waals surface area contributed by atoms with Crippen molar-refractivity contribution in [3.05, 3.63) is 35.4 Å². The van der Waals surface area contributed by atoms with Gasteiger partial charge < -0.3 is 0 Å². The monoisotopic (exact) mass is 266 g/mol. The van der Waals surface area contributed by atoms with Gasteiger partial charge in [-0.2, -0.15) is 0 Å². The van der Waals surface area contributed by atoms with Crippen molar-refractivity contribution in [2.75, 3.05) is 5.88 Å². The van der Waals surface area contributed by atoms with Gasteiger partial charge in [-0.1, -0.05) is 63.3 Å². The molecule has 0 aliphatic carbocycles. The third-order valence-electron chi connectivity index (χ3n) is 3.24. The van der Waals surface area contributed by atoms with E-state index in [2.05, 4.69) is 6.92 Å². The lowest BCUT2D eigenvalue weighted by Crippen LogP contribution is -2.04. The zero-order chi connectivity index (χ0) is 13.2. The molecule has 0 aliphatic heterocycles. The number of benzene rings is 1. The molecule has 18 heavy (non-hydrogen) atoms. The van der Waals surface area contributed by atoms with Crippen LogP contribution in [0.3, 0.4) is 0 Å². The number of ketones is 1. The van der Waals surface area contributed by atoms with E-state index < -0.39 is 0 Å². The summed E-state index contributed by atoms with van der Waals surface area (Å²) < 4.78 is 0. The second-order valence-corrected chi connectivity index (χ2v) is 5.00. The molecule has 0 unspecified atom stereocenters. The standard InChI is InChI=1S/C16H23ClO/c1-2-3-4-5-6-7-10-14-11-8-9-12-15(14)16(18)13-17/h8-9,11-12H,2-7,10,13H2,1H3. The molecule has 1 aromatic carbocycles. The van der Waals surface area contributed by atoms with Crippen molar-refractivity contribution < 1.29 is 4.79 Å². The number of hydrogen-bond acceptors (Lipinski definition) is 1. The fourth-order valence-corrected chi connectivity index (χ4v) is 2.32. The van der Waals surface area contributed by atoms with Gasteiger partial charge in [0.05, 0.1) is 5.88 Å². The second kappa shape index (κ2) is 9.16. The zero-order valence-corrected chi connectivity index (χ0v) is 12.0. The highest BCUT2D eigenvalue weighted by molar-refractivity contribution is 6.30. The summed E-state index contributed by atoms with van der Waals surface area (Å²) in [4.78, 5) is 11.7. The van der Waals surface area contributed by atoms with Crippen LogP contribution in [0.15, 0.2) is 24.3 Å². The highest BCUT2D eigenvalue weighted by Gasteiger charge is 2.08. The Bertz CT molecular complexity index is 360.